The lowest BCUT2D eigenvalue weighted by molar-refractivity contribution is -0.138. The molecule has 2 aromatic carbocycles. The van der Waals surface area contributed by atoms with Gasteiger partial charge in [-0.1, -0.05) is 12.1 Å². The average molecular weight is 386 g/mol. The van der Waals surface area contributed by atoms with Gasteiger partial charge in [-0.05, 0) is 62.2 Å². The molecule has 28 heavy (non-hydrogen) atoms. The maximum Gasteiger partial charge on any atom is 0.337 e. The fraction of sp³-hybridized carbons (Fsp3) is 0.286. The van der Waals surface area contributed by atoms with Gasteiger partial charge in [-0.15, -0.1) is 0 Å². The molecule has 2 N–H and O–H groups in total. The van der Waals surface area contributed by atoms with E-state index in [4.69, 9.17) is 0 Å². The number of hydrogen-bond donors (Lipinski definition) is 2. The topological polar surface area (TPSA) is 84.5 Å². The van der Waals surface area contributed by atoms with Crippen molar-refractivity contribution >= 4 is 23.5 Å². The van der Waals surface area contributed by atoms with Crippen LogP contribution in [0.2, 0.25) is 0 Å². The van der Waals surface area contributed by atoms with Gasteiger partial charge in [0.25, 0.3) is 0 Å². The summed E-state index contributed by atoms with van der Waals surface area (Å²) in [5.41, 5.74) is 0.405. The number of benzene rings is 2. The van der Waals surface area contributed by atoms with Crippen LogP contribution < -0.4 is 10.6 Å². The van der Waals surface area contributed by atoms with E-state index in [1.54, 1.807) is 24.3 Å². The minimum atomic E-state index is -1.30. The molecule has 0 aliphatic heterocycles. The van der Waals surface area contributed by atoms with Gasteiger partial charge in [0.1, 0.15) is 11.2 Å². The van der Waals surface area contributed by atoms with Crippen LogP contribution in [0.1, 0.15) is 29.8 Å². The second-order valence-electron chi connectivity index (χ2n) is 6.78. The first-order valence-corrected chi connectivity index (χ1v) is 8.76. The van der Waals surface area contributed by atoms with E-state index in [1.165, 1.54) is 45.2 Å². The molecule has 0 aromatic heterocycles. The summed E-state index contributed by atoms with van der Waals surface area (Å²) in [6.07, 6.45) is 0.526. The Balaban J connectivity index is 1.90. The van der Waals surface area contributed by atoms with Gasteiger partial charge in [-0.3, -0.25) is 9.59 Å². The molecule has 0 bridgehead atoms. The zero-order valence-corrected chi connectivity index (χ0v) is 16.0. The summed E-state index contributed by atoms with van der Waals surface area (Å²) in [6, 6.07) is 12.2. The van der Waals surface area contributed by atoms with Crippen LogP contribution in [-0.4, -0.2) is 31.4 Å². The van der Waals surface area contributed by atoms with E-state index in [9.17, 15) is 18.8 Å². The van der Waals surface area contributed by atoms with Crippen molar-refractivity contribution in [3.05, 3.63) is 65.5 Å². The normalized spacial score (nSPS) is 10.9. The van der Waals surface area contributed by atoms with Crippen LogP contribution in [0.4, 0.5) is 10.1 Å². The molecule has 0 radical (unpaired) electrons. The Kier molecular flexibility index (Phi) is 6.87. The highest BCUT2D eigenvalue weighted by Gasteiger charge is 2.35. The average Bonchev–Trinajstić information content (AvgIpc) is 2.69. The number of rotatable bonds is 7. The van der Waals surface area contributed by atoms with Crippen molar-refractivity contribution in [3.63, 3.8) is 0 Å². The lowest BCUT2D eigenvalue weighted by Crippen LogP contribution is -2.45. The summed E-state index contributed by atoms with van der Waals surface area (Å²) in [7, 11) is 1.29. The second kappa shape index (κ2) is 9.12. The Hall–Kier alpha value is -3.22. The van der Waals surface area contributed by atoms with E-state index in [0.29, 0.717) is 24.2 Å². The smallest absolute Gasteiger partial charge is 0.337 e. The number of carbonyl (C=O) groups excluding carboxylic acids is 3. The Morgan fingerprint density at radius 1 is 0.964 bits per heavy atom. The number of halogens is 1. The predicted octanol–water partition coefficient (Wildman–Crippen LogP) is 2.94. The van der Waals surface area contributed by atoms with Crippen LogP contribution in [0.3, 0.4) is 0 Å². The van der Waals surface area contributed by atoms with Crippen LogP contribution in [0, 0.1) is 11.2 Å². The van der Waals surface area contributed by atoms with Crippen molar-refractivity contribution in [2.45, 2.75) is 20.3 Å². The number of methoxy groups -OCH3 is 1. The van der Waals surface area contributed by atoms with Crippen LogP contribution in [0.25, 0.3) is 0 Å². The molecular weight excluding hydrogens is 363 g/mol. The van der Waals surface area contributed by atoms with Gasteiger partial charge >= 0.3 is 5.97 Å². The fourth-order valence-corrected chi connectivity index (χ4v) is 2.39. The SMILES string of the molecule is COC(=O)c1ccc(NC(=O)C(C)(C)C(=O)NCCc2ccc(F)cc2)cc1. The van der Waals surface area contributed by atoms with Crippen LogP contribution >= 0.6 is 0 Å². The van der Waals surface area contributed by atoms with Gasteiger partial charge < -0.3 is 15.4 Å². The third-order valence-electron chi connectivity index (χ3n) is 4.31. The van der Waals surface area contributed by atoms with E-state index in [1.807, 2.05) is 0 Å². The van der Waals surface area contributed by atoms with E-state index in [2.05, 4.69) is 15.4 Å². The molecule has 0 fully saturated rings. The first-order valence-electron chi connectivity index (χ1n) is 8.76. The summed E-state index contributed by atoms with van der Waals surface area (Å²) in [6.45, 7) is 3.38. The Labute approximate surface area is 163 Å². The molecule has 0 aliphatic rings. The van der Waals surface area contributed by atoms with Gasteiger partial charge in [-0.2, -0.15) is 0 Å². The van der Waals surface area contributed by atoms with E-state index in [-0.39, 0.29) is 5.82 Å². The van der Waals surface area contributed by atoms with Gasteiger partial charge in [0.05, 0.1) is 12.7 Å². The Morgan fingerprint density at radius 3 is 2.14 bits per heavy atom. The minimum absolute atomic E-state index is 0.315. The molecular formula is C21H23FN2O4. The molecule has 0 saturated carbocycles. The van der Waals surface area contributed by atoms with Crippen LogP contribution in [0.5, 0.6) is 0 Å². The second-order valence-corrected chi connectivity index (χ2v) is 6.78. The zero-order chi connectivity index (χ0) is 20.7. The molecule has 0 spiro atoms. The number of ether oxygens (including phenoxy) is 1. The Bertz CT molecular complexity index is 846. The lowest BCUT2D eigenvalue weighted by atomic mass is 9.90. The van der Waals surface area contributed by atoms with E-state index < -0.39 is 23.2 Å². The lowest BCUT2D eigenvalue weighted by Gasteiger charge is -2.22. The molecule has 6 nitrogen and oxygen atoms in total. The molecule has 0 aliphatic carbocycles. The summed E-state index contributed by atoms with van der Waals surface area (Å²) in [5.74, 6) is -1.68. The number of nitrogens with one attached hydrogen (secondary N) is 2. The molecule has 2 aromatic rings. The van der Waals surface area contributed by atoms with Crippen molar-refractivity contribution < 1.29 is 23.5 Å². The van der Waals surface area contributed by atoms with Crippen LogP contribution in [0.15, 0.2) is 48.5 Å². The molecule has 2 amide bonds. The molecule has 0 atom stereocenters. The third kappa shape index (κ3) is 5.39. The van der Waals surface area contributed by atoms with Crippen molar-refractivity contribution in [3.8, 4) is 0 Å². The number of hydrogen-bond acceptors (Lipinski definition) is 4. The highest BCUT2D eigenvalue weighted by atomic mass is 19.1. The van der Waals surface area contributed by atoms with Gasteiger partial charge in [0, 0.05) is 12.2 Å². The first-order chi connectivity index (χ1) is 13.2. The van der Waals surface area contributed by atoms with Crippen LogP contribution in [-0.2, 0) is 20.7 Å². The highest BCUT2D eigenvalue weighted by Crippen LogP contribution is 2.20. The molecule has 148 valence electrons. The molecule has 0 unspecified atom stereocenters. The fourth-order valence-electron chi connectivity index (χ4n) is 2.39. The quantitative estimate of drug-likeness (QED) is 0.566. The molecule has 0 heterocycles. The summed E-state index contributed by atoms with van der Waals surface area (Å²) >= 11 is 0. The van der Waals surface area contributed by atoms with Crippen molar-refractivity contribution in [1.29, 1.82) is 0 Å². The van der Waals surface area contributed by atoms with Gasteiger partial charge in [-0.25, -0.2) is 9.18 Å². The maximum absolute atomic E-state index is 12.9. The first kappa shape index (κ1) is 21.1. The summed E-state index contributed by atoms with van der Waals surface area (Å²) in [4.78, 5) is 36.4. The predicted molar refractivity (Wildman–Crippen MR) is 103 cm³/mol. The highest BCUT2D eigenvalue weighted by molar-refractivity contribution is 6.09. The number of amides is 2. The number of anilines is 1. The molecule has 2 rings (SSSR count). The van der Waals surface area contributed by atoms with Crippen molar-refractivity contribution in [2.75, 3.05) is 19.0 Å². The standard InChI is InChI=1S/C21H23FN2O4/c1-21(2,19(26)23-13-12-14-4-8-16(22)9-5-14)20(27)24-17-10-6-15(7-11-17)18(25)28-3/h4-11H,12-13H2,1-3H3,(H,23,26)(H,24,27). The van der Waals surface area contributed by atoms with E-state index in [0.717, 1.165) is 5.56 Å². The molecule has 7 heteroatoms. The minimum Gasteiger partial charge on any atom is -0.465 e. The van der Waals surface area contributed by atoms with Gasteiger partial charge in [0.15, 0.2) is 0 Å². The van der Waals surface area contributed by atoms with E-state index >= 15 is 0 Å². The largest absolute Gasteiger partial charge is 0.465 e. The van der Waals surface area contributed by atoms with Crippen molar-refractivity contribution in [2.24, 2.45) is 5.41 Å². The third-order valence-corrected chi connectivity index (χ3v) is 4.31. The summed E-state index contributed by atoms with van der Waals surface area (Å²) in [5, 5.41) is 5.40. The van der Waals surface area contributed by atoms with Crippen molar-refractivity contribution in [1.82, 2.24) is 5.32 Å². The monoisotopic (exact) mass is 386 g/mol. The maximum atomic E-state index is 12.9. The number of esters is 1. The number of carbonyl (C=O) groups is 3. The Morgan fingerprint density at radius 2 is 1.57 bits per heavy atom. The van der Waals surface area contributed by atoms with Gasteiger partial charge in [0.2, 0.25) is 11.8 Å². The summed E-state index contributed by atoms with van der Waals surface area (Å²) < 4.78 is 17.5. The zero-order valence-electron chi connectivity index (χ0n) is 16.0. The molecule has 0 saturated heterocycles.